The Balaban J connectivity index is 2.85. The number of rotatable bonds is 5. The first kappa shape index (κ1) is 13.5. The minimum absolute atomic E-state index is 0.416. The van der Waals surface area contributed by atoms with Gasteiger partial charge in [0.2, 0.25) is 10.0 Å². The van der Waals surface area contributed by atoms with Crippen LogP contribution >= 0.6 is 15.9 Å². The zero-order valence-corrected chi connectivity index (χ0v) is 11.6. The predicted molar refractivity (Wildman–Crippen MR) is 70.1 cm³/mol. The van der Waals surface area contributed by atoms with Gasteiger partial charge in [0.25, 0.3) is 0 Å². The molecule has 1 aromatic rings. The smallest absolute Gasteiger partial charge is 0.236 e. The summed E-state index contributed by atoms with van der Waals surface area (Å²) in [5.41, 5.74) is 0.561. The van der Waals surface area contributed by atoms with E-state index in [1.54, 1.807) is 32.2 Å². The van der Waals surface area contributed by atoms with Gasteiger partial charge in [0, 0.05) is 11.0 Å². The first-order valence-electron chi connectivity index (χ1n) is 4.88. The standard InChI is InChI=1S/C10H15BrN2O2S/c1-8(7-12-2)16(14,15)13-10-6-4-3-5-9(10)11/h3-6,8,12-13H,7H2,1-2H3. The Bertz CT molecular complexity index is 448. The predicted octanol–water partition coefficient (Wildman–Crippen LogP) is 1.80. The molecule has 2 N–H and O–H groups in total. The quantitative estimate of drug-likeness (QED) is 0.872. The second-order valence-electron chi connectivity index (χ2n) is 3.50. The fourth-order valence-electron chi connectivity index (χ4n) is 1.19. The Morgan fingerprint density at radius 2 is 2.00 bits per heavy atom. The molecule has 0 aromatic heterocycles. The maximum atomic E-state index is 11.9. The normalized spacial score (nSPS) is 13.4. The van der Waals surface area contributed by atoms with E-state index in [1.165, 1.54) is 0 Å². The minimum Gasteiger partial charge on any atom is -0.318 e. The van der Waals surface area contributed by atoms with Crippen LogP contribution < -0.4 is 10.0 Å². The van der Waals surface area contributed by atoms with Crippen LogP contribution in [0.1, 0.15) is 6.92 Å². The second kappa shape index (κ2) is 5.65. The van der Waals surface area contributed by atoms with Crippen LogP contribution in [-0.4, -0.2) is 27.3 Å². The number of hydrogen-bond donors (Lipinski definition) is 2. The lowest BCUT2D eigenvalue weighted by Crippen LogP contribution is -2.33. The average molecular weight is 307 g/mol. The highest BCUT2D eigenvalue weighted by Crippen LogP contribution is 2.23. The van der Waals surface area contributed by atoms with Crippen molar-refractivity contribution >= 4 is 31.6 Å². The molecule has 16 heavy (non-hydrogen) atoms. The zero-order valence-electron chi connectivity index (χ0n) is 9.20. The third-order valence-electron chi connectivity index (χ3n) is 2.15. The van der Waals surface area contributed by atoms with Gasteiger partial charge in [-0.25, -0.2) is 8.42 Å². The van der Waals surface area contributed by atoms with Crippen molar-refractivity contribution in [2.45, 2.75) is 12.2 Å². The van der Waals surface area contributed by atoms with Gasteiger partial charge in [-0.3, -0.25) is 4.72 Å². The lowest BCUT2D eigenvalue weighted by molar-refractivity contribution is 0.583. The lowest BCUT2D eigenvalue weighted by Gasteiger charge is -2.15. The van der Waals surface area contributed by atoms with Crippen LogP contribution in [0.5, 0.6) is 0 Å². The summed E-state index contributed by atoms with van der Waals surface area (Å²) >= 11 is 3.29. The zero-order chi connectivity index (χ0) is 12.2. The molecule has 1 aromatic carbocycles. The summed E-state index contributed by atoms with van der Waals surface area (Å²) in [6.45, 7) is 2.08. The molecule has 0 heterocycles. The van der Waals surface area contributed by atoms with Gasteiger partial charge in [-0.05, 0) is 42.0 Å². The third-order valence-corrected chi connectivity index (χ3v) is 4.57. The molecule has 0 saturated heterocycles. The van der Waals surface area contributed by atoms with E-state index in [1.807, 2.05) is 6.07 Å². The average Bonchev–Trinajstić information content (AvgIpc) is 2.21. The van der Waals surface area contributed by atoms with Crippen LogP contribution in [0.3, 0.4) is 0 Å². The number of nitrogens with one attached hydrogen (secondary N) is 2. The topological polar surface area (TPSA) is 58.2 Å². The number of anilines is 1. The molecule has 0 aliphatic heterocycles. The van der Waals surface area contributed by atoms with Gasteiger partial charge in [-0.2, -0.15) is 0 Å². The molecule has 90 valence electrons. The molecule has 0 spiro atoms. The van der Waals surface area contributed by atoms with Gasteiger partial charge < -0.3 is 5.32 Å². The van der Waals surface area contributed by atoms with Gasteiger partial charge in [-0.1, -0.05) is 12.1 Å². The van der Waals surface area contributed by atoms with Crippen LogP contribution in [0.2, 0.25) is 0 Å². The van der Waals surface area contributed by atoms with Gasteiger partial charge in [-0.15, -0.1) is 0 Å². The van der Waals surface area contributed by atoms with Crippen molar-refractivity contribution in [3.05, 3.63) is 28.7 Å². The van der Waals surface area contributed by atoms with E-state index in [-0.39, 0.29) is 0 Å². The minimum atomic E-state index is -3.34. The summed E-state index contributed by atoms with van der Waals surface area (Å²) in [7, 11) is -1.61. The monoisotopic (exact) mass is 306 g/mol. The number of halogens is 1. The van der Waals surface area contributed by atoms with E-state index in [4.69, 9.17) is 0 Å². The summed E-state index contributed by atoms with van der Waals surface area (Å²) in [5, 5.41) is 2.36. The van der Waals surface area contributed by atoms with Crippen molar-refractivity contribution < 1.29 is 8.42 Å². The van der Waals surface area contributed by atoms with Crippen molar-refractivity contribution in [3.63, 3.8) is 0 Å². The molecule has 0 radical (unpaired) electrons. The molecule has 0 fully saturated rings. The molecule has 1 atom stereocenters. The summed E-state index contributed by atoms with van der Waals surface area (Å²) < 4.78 is 27.0. The highest BCUT2D eigenvalue weighted by atomic mass is 79.9. The van der Waals surface area contributed by atoms with E-state index in [0.717, 1.165) is 4.47 Å². The van der Waals surface area contributed by atoms with E-state index in [2.05, 4.69) is 26.0 Å². The maximum Gasteiger partial charge on any atom is 0.236 e. The molecule has 0 saturated carbocycles. The van der Waals surface area contributed by atoms with Crippen LogP contribution in [0.25, 0.3) is 0 Å². The molecular formula is C10H15BrN2O2S. The second-order valence-corrected chi connectivity index (χ2v) is 6.45. The molecule has 0 aliphatic carbocycles. The molecule has 1 unspecified atom stereocenters. The maximum absolute atomic E-state index is 11.9. The van der Waals surface area contributed by atoms with Crippen molar-refractivity contribution in [1.82, 2.24) is 5.32 Å². The molecule has 0 aliphatic rings. The molecule has 1 rings (SSSR count). The number of sulfonamides is 1. The van der Waals surface area contributed by atoms with Crippen molar-refractivity contribution in [1.29, 1.82) is 0 Å². The van der Waals surface area contributed by atoms with E-state index in [9.17, 15) is 8.42 Å². The summed E-state index contributed by atoms with van der Waals surface area (Å²) in [6.07, 6.45) is 0. The van der Waals surface area contributed by atoms with Crippen molar-refractivity contribution in [2.75, 3.05) is 18.3 Å². The fourth-order valence-corrected chi connectivity index (χ4v) is 2.78. The van der Waals surface area contributed by atoms with E-state index in [0.29, 0.717) is 12.2 Å². The van der Waals surface area contributed by atoms with Crippen LogP contribution in [0.4, 0.5) is 5.69 Å². The van der Waals surface area contributed by atoms with Gasteiger partial charge >= 0.3 is 0 Å². The Morgan fingerprint density at radius 1 is 1.38 bits per heavy atom. The fraction of sp³-hybridized carbons (Fsp3) is 0.400. The van der Waals surface area contributed by atoms with Crippen LogP contribution in [0.15, 0.2) is 28.7 Å². The Hall–Kier alpha value is -0.590. The highest BCUT2D eigenvalue weighted by molar-refractivity contribution is 9.10. The Morgan fingerprint density at radius 3 is 2.56 bits per heavy atom. The van der Waals surface area contributed by atoms with Gasteiger partial charge in [0.15, 0.2) is 0 Å². The van der Waals surface area contributed by atoms with Crippen LogP contribution in [0, 0.1) is 0 Å². The summed E-state index contributed by atoms with van der Waals surface area (Å²) in [6, 6.07) is 7.12. The molecule has 4 nitrogen and oxygen atoms in total. The molecule has 0 amide bonds. The first-order valence-corrected chi connectivity index (χ1v) is 7.22. The van der Waals surface area contributed by atoms with Crippen molar-refractivity contribution in [3.8, 4) is 0 Å². The van der Waals surface area contributed by atoms with Gasteiger partial charge in [0.05, 0.1) is 10.9 Å². The first-order chi connectivity index (χ1) is 7.47. The third kappa shape index (κ3) is 3.47. The number of hydrogen-bond acceptors (Lipinski definition) is 3. The highest BCUT2D eigenvalue weighted by Gasteiger charge is 2.20. The Labute approximate surface area is 105 Å². The van der Waals surface area contributed by atoms with Gasteiger partial charge in [0.1, 0.15) is 0 Å². The van der Waals surface area contributed by atoms with Crippen molar-refractivity contribution in [2.24, 2.45) is 0 Å². The Kier molecular flexibility index (Phi) is 4.76. The SMILES string of the molecule is CNCC(C)S(=O)(=O)Nc1ccccc1Br. The lowest BCUT2D eigenvalue weighted by atomic mass is 10.3. The molecule has 0 bridgehead atoms. The number of para-hydroxylation sites is 1. The van der Waals surface area contributed by atoms with E-state index < -0.39 is 15.3 Å². The summed E-state index contributed by atoms with van der Waals surface area (Å²) in [5.74, 6) is 0. The summed E-state index contributed by atoms with van der Waals surface area (Å²) in [4.78, 5) is 0. The molecular weight excluding hydrogens is 292 g/mol. The van der Waals surface area contributed by atoms with Crippen LogP contribution in [-0.2, 0) is 10.0 Å². The van der Waals surface area contributed by atoms with E-state index >= 15 is 0 Å². The largest absolute Gasteiger partial charge is 0.318 e. The molecule has 6 heteroatoms. The number of benzene rings is 1.